The molecule has 0 aliphatic carbocycles. The summed E-state index contributed by atoms with van der Waals surface area (Å²) in [7, 11) is 0. The number of carbonyl (C=O) groups is 1. The number of ether oxygens (including phenoxy) is 1. The molecule has 1 heterocycles. The van der Waals surface area contributed by atoms with Crippen molar-refractivity contribution in [3.8, 4) is 0 Å². The fraction of sp³-hybridized carbons (Fsp3) is 0.333. The first kappa shape index (κ1) is 17.7. The van der Waals surface area contributed by atoms with Crippen molar-refractivity contribution in [1.82, 2.24) is 10.6 Å². The molecule has 1 aliphatic rings. The summed E-state index contributed by atoms with van der Waals surface area (Å²) in [6, 6.07) is 6.21. The van der Waals surface area contributed by atoms with Gasteiger partial charge in [0.05, 0.1) is 5.54 Å². The molecular formula is C18H22FN3O2. The average molecular weight is 331 g/mol. The van der Waals surface area contributed by atoms with Gasteiger partial charge in [-0.05, 0) is 30.5 Å². The van der Waals surface area contributed by atoms with Crippen LogP contribution in [0.15, 0.2) is 53.6 Å². The van der Waals surface area contributed by atoms with Crippen molar-refractivity contribution in [3.05, 3.63) is 60.0 Å². The molecule has 128 valence electrons. The van der Waals surface area contributed by atoms with Crippen LogP contribution in [0.5, 0.6) is 0 Å². The van der Waals surface area contributed by atoms with E-state index in [9.17, 15) is 9.18 Å². The molecule has 0 saturated carbocycles. The fourth-order valence-electron chi connectivity index (χ4n) is 2.62. The second-order valence-corrected chi connectivity index (χ2v) is 5.51. The van der Waals surface area contributed by atoms with Crippen LogP contribution in [0.3, 0.4) is 0 Å². The third kappa shape index (κ3) is 4.22. The summed E-state index contributed by atoms with van der Waals surface area (Å²) in [5.41, 5.74) is 0.325. The van der Waals surface area contributed by atoms with Crippen molar-refractivity contribution in [1.29, 1.82) is 0 Å². The van der Waals surface area contributed by atoms with E-state index in [2.05, 4.69) is 22.2 Å². The summed E-state index contributed by atoms with van der Waals surface area (Å²) >= 11 is 0. The van der Waals surface area contributed by atoms with E-state index < -0.39 is 5.54 Å². The van der Waals surface area contributed by atoms with Crippen LogP contribution >= 0.6 is 0 Å². The van der Waals surface area contributed by atoms with Gasteiger partial charge in [0.2, 0.25) is 0 Å². The molecule has 0 bridgehead atoms. The van der Waals surface area contributed by atoms with Gasteiger partial charge in [0, 0.05) is 12.3 Å². The summed E-state index contributed by atoms with van der Waals surface area (Å²) in [6.07, 6.45) is 4.54. The van der Waals surface area contributed by atoms with Crippen LogP contribution in [0.4, 0.5) is 4.39 Å². The molecule has 0 unspecified atom stereocenters. The van der Waals surface area contributed by atoms with E-state index in [1.165, 1.54) is 12.1 Å². The first-order valence-corrected chi connectivity index (χ1v) is 7.89. The van der Waals surface area contributed by atoms with Gasteiger partial charge >= 0.3 is 0 Å². The maximum Gasteiger partial charge on any atom is 0.258 e. The summed E-state index contributed by atoms with van der Waals surface area (Å²) in [5.74, 6) is 0.326. The van der Waals surface area contributed by atoms with Crippen molar-refractivity contribution in [2.24, 2.45) is 4.99 Å². The Balaban J connectivity index is 2.03. The highest BCUT2D eigenvalue weighted by Crippen LogP contribution is 2.28. The number of aliphatic imine (C=N–C) groups is 1. The summed E-state index contributed by atoms with van der Waals surface area (Å²) < 4.78 is 18.6. The lowest BCUT2D eigenvalue weighted by Crippen LogP contribution is -2.46. The lowest BCUT2D eigenvalue weighted by molar-refractivity contribution is -0.126. The first-order chi connectivity index (χ1) is 11.5. The van der Waals surface area contributed by atoms with Gasteiger partial charge < -0.3 is 15.4 Å². The molecule has 24 heavy (non-hydrogen) atoms. The third-order valence-corrected chi connectivity index (χ3v) is 4.07. The zero-order chi connectivity index (χ0) is 17.6. The van der Waals surface area contributed by atoms with Gasteiger partial charge in [-0.3, -0.25) is 4.79 Å². The molecule has 0 fully saturated rings. The van der Waals surface area contributed by atoms with Crippen molar-refractivity contribution in [2.75, 3.05) is 6.61 Å². The Morgan fingerprint density at radius 3 is 2.58 bits per heavy atom. The van der Waals surface area contributed by atoms with Crippen LogP contribution in [-0.4, -0.2) is 18.7 Å². The number of nitrogens with one attached hydrogen (secondary N) is 2. The molecule has 1 aromatic carbocycles. The lowest BCUT2D eigenvalue weighted by atomic mass is 9.84. The van der Waals surface area contributed by atoms with Gasteiger partial charge in [0.15, 0.2) is 12.5 Å². The highest BCUT2D eigenvalue weighted by atomic mass is 19.1. The molecule has 5 nitrogen and oxygen atoms in total. The lowest BCUT2D eigenvalue weighted by Gasteiger charge is -2.33. The Labute approximate surface area is 141 Å². The molecule has 1 aliphatic heterocycles. The maximum absolute atomic E-state index is 13.2. The van der Waals surface area contributed by atoms with E-state index in [1.54, 1.807) is 24.4 Å². The van der Waals surface area contributed by atoms with E-state index in [4.69, 9.17) is 4.74 Å². The maximum atomic E-state index is 13.2. The molecule has 1 aromatic rings. The number of allylic oxidation sites excluding steroid dienone is 1. The molecule has 0 atom stereocenters. The zero-order valence-electron chi connectivity index (χ0n) is 13.9. The smallest absolute Gasteiger partial charge is 0.258 e. The molecule has 0 aromatic heterocycles. The van der Waals surface area contributed by atoms with Crippen molar-refractivity contribution < 1.29 is 13.9 Å². The van der Waals surface area contributed by atoms with Crippen molar-refractivity contribution >= 4 is 12.1 Å². The highest BCUT2D eigenvalue weighted by Gasteiger charge is 2.30. The number of carbonyl (C=O) groups excluding carboxylic acids is 1. The van der Waals surface area contributed by atoms with Gasteiger partial charge in [-0.2, -0.15) is 0 Å². The molecule has 0 saturated heterocycles. The number of rotatable bonds is 7. The van der Waals surface area contributed by atoms with Crippen LogP contribution in [0.1, 0.15) is 32.3 Å². The van der Waals surface area contributed by atoms with E-state index >= 15 is 0 Å². The van der Waals surface area contributed by atoms with E-state index in [1.807, 2.05) is 13.8 Å². The minimum absolute atomic E-state index is 0.136. The van der Waals surface area contributed by atoms with Crippen LogP contribution in [0.2, 0.25) is 0 Å². The number of hydrogen-bond donors (Lipinski definition) is 2. The molecule has 6 heteroatoms. The predicted molar refractivity (Wildman–Crippen MR) is 91.6 cm³/mol. The fourth-order valence-corrected chi connectivity index (χ4v) is 2.62. The Hall–Kier alpha value is -2.63. The average Bonchev–Trinajstić information content (AvgIpc) is 2.59. The largest absolute Gasteiger partial charge is 0.469 e. The van der Waals surface area contributed by atoms with Gasteiger partial charge in [-0.25, -0.2) is 9.38 Å². The van der Waals surface area contributed by atoms with Gasteiger partial charge in [-0.1, -0.05) is 32.6 Å². The molecule has 0 spiro atoms. The second-order valence-electron chi connectivity index (χ2n) is 5.51. The molecule has 2 rings (SSSR count). The molecular weight excluding hydrogens is 309 g/mol. The Morgan fingerprint density at radius 1 is 1.33 bits per heavy atom. The Bertz CT molecular complexity index is 661. The van der Waals surface area contributed by atoms with Crippen LogP contribution < -0.4 is 10.6 Å². The minimum atomic E-state index is -0.548. The van der Waals surface area contributed by atoms with E-state index in [0.29, 0.717) is 24.5 Å². The quantitative estimate of drug-likeness (QED) is 0.807. The Kier molecular flexibility index (Phi) is 5.73. The predicted octanol–water partition coefficient (Wildman–Crippen LogP) is 2.96. The standard InChI is InChI=1S/C18H22FN3O2/c1-4-18(5-2,14-6-8-15(19)9-7-14)22-16(23)12-24-17-10-11-20-13(3)21-17/h6-11,21H,3-5,12H2,1-2H3,(H,22,23). The number of nitrogens with zero attached hydrogens (tertiary/aromatic N) is 1. The minimum Gasteiger partial charge on any atom is -0.469 e. The van der Waals surface area contributed by atoms with E-state index in [0.717, 1.165) is 5.56 Å². The first-order valence-electron chi connectivity index (χ1n) is 7.89. The van der Waals surface area contributed by atoms with Crippen LogP contribution in [0, 0.1) is 5.82 Å². The summed E-state index contributed by atoms with van der Waals surface area (Å²) in [6.45, 7) is 7.50. The van der Waals surface area contributed by atoms with Gasteiger partial charge in [0.25, 0.3) is 5.91 Å². The molecule has 0 radical (unpaired) electrons. The Morgan fingerprint density at radius 2 is 2.00 bits per heavy atom. The van der Waals surface area contributed by atoms with Crippen molar-refractivity contribution in [3.63, 3.8) is 0 Å². The normalized spacial score (nSPS) is 14.0. The van der Waals surface area contributed by atoms with Gasteiger partial charge in [0.1, 0.15) is 11.6 Å². The number of hydrogen-bond acceptors (Lipinski definition) is 4. The second kappa shape index (κ2) is 7.77. The highest BCUT2D eigenvalue weighted by molar-refractivity contribution is 5.79. The summed E-state index contributed by atoms with van der Waals surface area (Å²) in [4.78, 5) is 16.2. The zero-order valence-corrected chi connectivity index (χ0v) is 13.9. The van der Waals surface area contributed by atoms with Crippen LogP contribution in [0.25, 0.3) is 0 Å². The summed E-state index contributed by atoms with van der Waals surface area (Å²) in [5, 5.41) is 5.84. The van der Waals surface area contributed by atoms with Gasteiger partial charge in [-0.15, -0.1) is 0 Å². The van der Waals surface area contributed by atoms with Crippen molar-refractivity contribution in [2.45, 2.75) is 32.2 Å². The SMILES string of the molecule is C=C1N=CC=C(OCC(=O)NC(CC)(CC)c2ccc(F)cc2)N1. The molecule has 2 N–H and O–H groups in total. The topological polar surface area (TPSA) is 62.7 Å². The molecule has 1 amide bonds. The van der Waals surface area contributed by atoms with E-state index in [-0.39, 0.29) is 18.3 Å². The number of benzene rings is 1. The number of amides is 1. The third-order valence-electron chi connectivity index (χ3n) is 4.07. The number of halogens is 1. The monoisotopic (exact) mass is 331 g/mol. The van der Waals surface area contributed by atoms with Crippen LogP contribution in [-0.2, 0) is 15.1 Å².